The molecule has 0 bridgehead atoms. The maximum atomic E-state index is 15.3. The molecular formula is C30H29F3N6O4. The highest BCUT2D eigenvalue weighted by molar-refractivity contribution is 6.01. The van der Waals surface area contributed by atoms with Gasteiger partial charge in [-0.25, -0.2) is 13.4 Å². The zero-order valence-corrected chi connectivity index (χ0v) is 23.8. The van der Waals surface area contributed by atoms with Gasteiger partial charge in [-0.15, -0.1) is 0 Å². The Kier molecular flexibility index (Phi) is 6.98. The maximum Gasteiger partial charge on any atom is 0.276 e. The number of nitrogens with zero attached hydrogens (tertiary/aromatic N) is 3. The predicted octanol–water partition coefficient (Wildman–Crippen LogP) is 5.31. The maximum absolute atomic E-state index is 15.3. The lowest BCUT2D eigenvalue weighted by Gasteiger charge is -2.38. The van der Waals surface area contributed by atoms with E-state index in [1.807, 2.05) is 6.92 Å². The number of aryl methyl sites for hydroxylation is 2. The van der Waals surface area contributed by atoms with E-state index in [1.165, 1.54) is 12.3 Å². The van der Waals surface area contributed by atoms with Crippen LogP contribution in [0.3, 0.4) is 0 Å². The summed E-state index contributed by atoms with van der Waals surface area (Å²) >= 11 is 0. The summed E-state index contributed by atoms with van der Waals surface area (Å²) in [6.07, 6.45) is 4.31. The van der Waals surface area contributed by atoms with E-state index in [2.05, 4.69) is 30.9 Å². The van der Waals surface area contributed by atoms with Crippen molar-refractivity contribution < 1.29 is 32.1 Å². The molecule has 1 fully saturated rings. The van der Waals surface area contributed by atoms with Crippen molar-refractivity contribution in [3.05, 3.63) is 76.3 Å². The molecule has 3 N–H and O–H groups in total. The quantitative estimate of drug-likeness (QED) is 0.264. The van der Waals surface area contributed by atoms with Crippen molar-refractivity contribution in [1.82, 2.24) is 25.6 Å². The van der Waals surface area contributed by atoms with Crippen LogP contribution < -0.4 is 15.4 Å². The Morgan fingerprint density at radius 1 is 1.12 bits per heavy atom. The van der Waals surface area contributed by atoms with Crippen LogP contribution in [0.1, 0.15) is 71.5 Å². The van der Waals surface area contributed by atoms with Crippen LogP contribution in [0.25, 0.3) is 11.3 Å². The van der Waals surface area contributed by atoms with E-state index in [1.54, 1.807) is 27.0 Å². The number of amides is 2. The summed E-state index contributed by atoms with van der Waals surface area (Å²) in [6.45, 7) is 7.25. The lowest BCUT2D eigenvalue weighted by molar-refractivity contribution is -0.119. The van der Waals surface area contributed by atoms with Gasteiger partial charge in [-0.1, -0.05) is 25.1 Å². The molecule has 224 valence electrons. The summed E-state index contributed by atoms with van der Waals surface area (Å²) in [7, 11) is 0. The second-order valence-electron chi connectivity index (χ2n) is 11.5. The monoisotopic (exact) mass is 594 g/mol. The zero-order chi connectivity index (χ0) is 30.6. The number of carbonyl (C=O) groups is 2. The van der Waals surface area contributed by atoms with Crippen molar-refractivity contribution in [2.45, 2.75) is 58.4 Å². The third-order valence-electron chi connectivity index (χ3n) is 8.27. The summed E-state index contributed by atoms with van der Waals surface area (Å²) in [5, 5.41) is 12.9. The van der Waals surface area contributed by atoms with Gasteiger partial charge in [-0.2, -0.15) is 4.39 Å². The number of hydrogen-bond acceptors (Lipinski definition) is 7. The highest BCUT2D eigenvalue weighted by Crippen LogP contribution is 2.61. The molecule has 6 rings (SSSR count). The Hall–Kier alpha value is -4.68. The summed E-state index contributed by atoms with van der Waals surface area (Å²) < 4.78 is 54.7. The number of fused-ring (bicyclic) bond motifs is 1. The summed E-state index contributed by atoms with van der Waals surface area (Å²) in [5.41, 5.74) is 2.13. The van der Waals surface area contributed by atoms with Crippen LogP contribution in [-0.2, 0) is 4.79 Å². The Balaban J connectivity index is 1.38. The first kappa shape index (κ1) is 28.4. The van der Waals surface area contributed by atoms with Crippen LogP contribution in [0.15, 0.2) is 35.2 Å². The minimum Gasteiger partial charge on any atom is -0.489 e. The minimum atomic E-state index is -1.32. The Morgan fingerprint density at radius 2 is 1.88 bits per heavy atom. The fraction of sp³-hybridized carbons (Fsp3) is 0.367. The van der Waals surface area contributed by atoms with Gasteiger partial charge in [0.25, 0.3) is 5.91 Å². The number of aromatic nitrogens is 4. The molecule has 1 aliphatic carbocycles. The SMILES string of the molecule is Cc1c[nH]c(C)c1-c1ncc(NC(=O)[C@@H](NC(=O)c2nonc2C(C)C)C2c3ccc(F)c(F)c3OCC23CC3)cc1F. The number of anilines is 1. The Labute approximate surface area is 244 Å². The Morgan fingerprint density at radius 3 is 2.53 bits per heavy atom. The largest absolute Gasteiger partial charge is 0.489 e. The third kappa shape index (κ3) is 4.92. The van der Waals surface area contributed by atoms with Gasteiger partial charge in [-0.05, 0) is 43.5 Å². The fourth-order valence-corrected chi connectivity index (χ4v) is 5.90. The molecular weight excluding hydrogens is 565 g/mol. The number of ether oxygens (including phenoxy) is 1. The fourth-order valence-electron chi connectivity index (χ4n) is 5.90. The van der Waals surface area contributed by atoms with Crippen molar-refractivity contribution in [2.75, 3.05) is 11.9 Å². The van der Waals surface area contributed by atoms with Gasteiger partial charge in [-0.3, -0.25) is 14.6 Å². The number of aromatic amines is 1. The molecule has 0 saturated heterocycles. The summed E-state index contributed by atoms with van der Waals surface area (Å²) in [4.78, 5) is 34.8. The van der Waals surface area contributed by atoms with Crippen molar-refractivity contribution in [2.24, 2.45) is 5.41 Å². The van der Waals surface area contributed by atoms with E-state index in [4.69, 9.17) is 9.37 Å². The van der Waals surface area contributed by atoms with Gasteiger partial charge < -0.3 is 20.4 Å². The standard InChI is InChI=1S/C30H29F3N6O4/c1-13(2)23-26(39-43-38-23)29(41)37-25(21-17-5-6-18(31)22(33)27(17)42-12-30(21)7-8-30)28(40)36-16-9-19(32)24(35-11-16)20-14(3)10-34-15(20)4/h5-6,9-11,13,21,25,34H,7-8,12H2,1-4H3,(H,36,40)(H,37,41)/t21?,25-/m0/s1. The molecule has 4 aromatic rings. The Bertz CT molecular complexity index is 1730. The van der Waals surface area contributed by atoms with Crippen LogP contribution in [-0.4, -0.2) is 44.7 Å². The molecule has 4 heterocycles. The van der Waals surface area contributed by atoms with Crippen LogP contribution in [0, 0.1) is 36.7 Å². The molecule has 1 aromatic carbocycles. The van der Waals surface area contributed by atoms with E-state index >= 15 is 4.39 Å². The van der Waals surface area contributed by atoms with Crippen molar-refractivity contribution in [3.8, 4) is 17.0 Å². The number of benzene rings is 1. The van der Waals surface area contributed by atoms with Crippen LogP contribution in [0.5, 0.6) is 5.75 Å². The number of H-pyrrole nitrogens is 1. The number of rotatable bonds is 7. The lowest BCUT2D eigenvalue weighted by Crippen LogP contribution is -2.52. The van der Waals surface area contributed by atoms with Gasteiger partial charge in [0.15, 0.2) is 23.1 Å². The summed E-state index contributed by atoms with van der Waals surface area (Å²) in [6, 6.07) is 2.14. The van der Waals surface area contributed by atoms with Gasteiger partial charge in [0.2, 0.25) is 11.7 Å². The van der Waals surface area contributed by atoms with E-state index < -0.39 is 46.6 Å². The van der Waals surface area contributed by atoms with Crippen LogP contribution in [0.4, 0.5) is 18.9 Å². The van der Waals surface area contributed by atoms with E-state index in [-0.39, 0.29) is 46.6 Å². The molecule has 13 heteroatoms. The average molecular weight is 595 g/mol. The molecule has 2 aliphatic rings. The molecule has 0 radical (unpaired) electrons. The van der Waals surface area contributed by atoms with Crippen molar-refractivity contribution in [1.29, 1.82) is 0 Å². The number of halogens is 3. The molecule has 43 heavy (non-hydrogen) atoms. The van der Waals surface area contributed by atoms with Gasteiger partial charge in [0, 0.05) is 46.3 Å². The van der Waals surface area contributed by atoms with E-state index in [0.29, 0.717) is 18.4 Å². The first-order valence-electron chi connectivity index (χ1n) is 13.9. The highest BCUT2D eigenvalue weighted by Gasteiger charge is 2.58. The molecule has 2 amide bonds. The molecule has 1 aliphatic heterocycles. The van der Waals surface area contributed by atoms with Crippen molar-refractivity contribution in [3.63, 3.8) is 0 Å². The van der Waals surface area contributed by atoms with E-state index in [0.717, 1.165) is 23.4 Å². The highest BCUT2D eigenvalue weighted by atomic mass is 19.2. The number of pyridine rings is 1. The van der Waals surface area contributed by atoms with E-state index in [9.17, 15) is 18.4 Å². The third-order valence-corrected chi connectivity index (χ3v) is 8.27. The number of carbonyl (C=O) groups excluding carboxylic acids is 2. The summed E-state index contributed by atoms with van der Waals surface area (Å²) in [5.74, 6) is -5.72. The molecule has 3 aromatic heterocycles. The second-order valence-corrected chi connectivity index (χ2v) is 11.5. The number of hydrogen-bond donors (Lipinski definition) is 3. The number of nitrogens with one attached hydrogen (secondary N) is 3. The first-order chi connectivity index (χ1) is 20.5. The van der Waals surface area contributed by atoms with Gasteiger partial charge in [0.05, 0.1) is 18.5 Å². The van der Waals surface area contributed by atoms with Crippen molar-refractivity contribution >= 4 is 17.5 Å². The topological polar surface area (TPSA) is 135 Å². The first-order valence-corrected chi connectivity index (χ1v) is 13.9. The average Bonchev–Trinajstić information content (AvgIpc) is 3.39. The second kappa shape index (κ2) is 10.5. The molecule has 1 unspecified atom stereocenters. The molecule has 2 atom stereocenters. The lowest BCUT2D eigenvalue weighted by atomic mass is 9.75. The predicted molar refractivity (Wildman–Crippen MR) is 148 cm³/mol. The normalized spacial score (nSPS) is 17.3. The van der Waals surface area contributed by atoms with Gasteiger partial charge >= 0.3 is 0 Å². The smallest absolute Gasteiger partial charge is 0.276 e. The molecule has 1 spiro atoms. The van der Waals surface area contributed by atoms with Crippen LogP contribution >= 0.6 is 0 Å². The molecule has 10 nitrogen and oxygen atoms in total. The van der Waals surface area contributed by atoms with Gasteiger partial charge in [0.1, 0.15) is 17.4 Å². The van der Waals surface area contributed by atoms with Crippen LogP contribution in [0.2, 0.25) is 0 Å². The zero-order valence-electron chi connectivity index (χ0n) is 23.8. The minimum absolute atomic E-state index is 0.0215. The molecule has 1 saturated carbocycles.